The van der Waals surface area contributed by atoms with Gasteiger partial charge in [0.2, 0.25) is 0 Å². The van der Waals surface area contributed by atoms with Crippen LogP contribution in [0, 0.1) is 6.92 Å². The molecule has 2 amide bonds. The molecule has 1 aliphatic rings. The van der Waals surface area contributed by atoms with Gasteiger partial charge in [0.15, 0.2) is 6.61 Å². The molecule has 8 nitrogen and oxygen atoms in total. The number of piperidine rings is 1. The minimum atomic E-state index is -0.380. The van der Waals surface area contributed by atoms with Crippen LogP contribution in [0.4, 0.5) is 0 Å². The van der Waals surface area contributed by atoms with Crippen LogP contribution >= 0.6 is 11.6 Å². The fourth-order valence-corrected chi connectivity index (χ4v) is 4.77. The molecule has 0 spiro atoms. The normalized spacial score (nSPS) is 17.8. The van der Waals surface area contributed by atoms with Crippen molar-refractivity contribution in [3.8, 4) is 11.4 Å². The summed E-state index contributed by atoms with van der Waals surface area (Å²) in [6, 6.07) is 16.6. The second-order valence-electron chi connectivity index (χ2n) is 8.98. The zero-order chi connectivity index (χ0) is 25.7. The Bertz CT molecular complexity index is 1230. The Morgan fingerprint density at radius 3 is 2.44 bits per heavy atom. The number of carbonyl (C=O) groups is 2. The van der Waals surface area contributed by atoms with Gasteiger partial charge < -0.3 is 9.64 Å². The van der Waals surface area contributed by atoms with E-state index >= 15 is 0 Å². The van der Waals surface area contributed by atoms with E-state index in [0.717, 1.165) is 24.9 Å². The van der Waals surface area contributed by atoms with E-state index in [4.69, 9.17) is 16.3 Å². The molecular formula is C27H30ClN5O3. The number of rotatable bonds is 7. The molecule has 2 heterocycles. The van der Waals surface area contributed by atoms with Crippen molar-refractivity contribution in [2.75, 3.05) is 6.61 Å². The van der Waals surface area contributed by atoms with Gasteiger partial charge in [-0.1, -0.05) is 29.8 Å². The summed E-state index contributed by atoms with van der Waals surface area (Å²) in [7, 11) is 0. The smallest absolute Gasteiger partial charge is 0.271 e. The van der Waals surface area contributed by atoms with Crippen molar-refractivity contribution in [2.24, 2.45) is 5.10 Å². The molecule has 188 valence electrons. The van der Waals surface area contributed by atoms with E-state index in [-0.39, 0.29) is 30.5 Å². The van der Waals surface area contributed by atoms with Crippen LogP contribution in [0.1, 0.15) is 54.7 Å². The molecule has 1 fully saturated rings. The lowest BCUT2D eigenvalue weighted by Gasteiger charge is -2.38. The lowest BCUT2D eigenvalue weighted by atomic mass is 9.97. The van der Waals surface area contributed by atoms with Gasteiger partial charge in [-0.3, -0.25) is 9.59 Å². The number of nitrogens with one attached hydrogen (secondary N) is 1. The van der Waals surface area contributed by atoms with Crippen LogP contribution in [-0.4, -0.2) is 51.4 Å². The van der Waals surface area contributed by atoms with E-state index in [1.807, 2.05) is 42.2 Å². The minimum absolute atomic E-state index is 0.0182. The lowest BCUT2D eigenvalue weighted by molar-refractivity contribution is -0.139. The fourth-order valence-electron chi connectivity index (χ4n) is 4.45. The first kappa shape index (κ1) is 25.4. The van der Waals surface area contributed by atoms with Gasteiger partial charge in [-0.25, -0.2) is 10.1 Å². The van der Waals surface area contributed by atoms with Gasteiger partial charge in [-0.2, -0.15) is 10.2 Å². The van der Waals surface area contributed by atoms with E-state index in [9.17, 15) is 9.59 Å². The summed E-state index contributed by atoms with van der Waals surface area (Å²) in [5.74, 6) is 0.126. The van der Waals surface area contributed by atoms with Crippen LogP contribution in [0.15, 0.2) is 59.7 Å². The van der Waals surface area contributed by atoms with Crippen molar-refractivity contribution in [2.45, 2.75) is 52.1 Å². The highest BCUT2D eigenvalue weighted by Crippen LogP contribution is 2.23. The highest BCUT2D eigenvalue weighted by Gasteiger charge is 2.29. The van der Waals surface area contributed by atoms with Crippen LogP contribution in [0.3, 0.4) is 0 Å². The average Bonchev–Trinajstić information content (AvgIpc) is 3.16. The topological polar surface area (TPSA) is 88.8 Å². The number of hydrazone groups is 1. The number of nitrogens with zero attached hydrogens (tertiary/aromatic N) is 4. The Labute approximate surface area is 215 Å². The molecule has 1 N–H and O–H groups in total. The van der Waals surface area contributed by atoms with E-state index in [1.54, 1.807) is 28.9 Å². The van der Waals surface area contributed by atoms with Gasteiger partial charge in [0.05, 0.1) is 23.2 Å². The first-order valence-electron chi connectivity index (χ1n) is 12.0. The van der Waals surface area contributed by atoms with Gasteiger partial charge in [0.25, 0.3) is 11.8 Å². The summed E-state index contributed by atoms with van der Waals surface area (Å²) >= 11 is 6.49. The number of para-hydroxylation sites is 1. The third-order valence-electron chi connectivity index (χ3n) is 6.37. The third-order valence-corrected chi connectivity index (χ3v) is 6.73. The maximum atomic E-state index is 12.6. The summed E-state index contributed by atoms with van der Waals surface area (Å²) in [5, 5.41) is 8.91. The van der Waals surface area contributed by atoms with Crippen molar-refractivity contribution in [1.29, 1.82) is 0 Å². The van der Waals surface area contributed by atoms with Crippen molar-refractivity contribution in [3.05, 3.63) is 76.6 Å². The molecule has 3 aromatic rings. The number of carbonyl (C=O) groups excluding carboxylic acids is 2. The predicted octanol–water partition coefficient (Wildman–Crippen LogP) is 4.77. The number of likely N-dealkylation sites (tertiary alicyclic amines) is 1. The summed E-state index contributed by atoms with van der Waals surface area (Å²) in [6.45, 7) is 5.95. The van der Waals surface area contributed by atoms with E-state index in [2.05, 4.69) is 29.5 Å². The van der Waals surface area contributed by atoms with Gasteiger partial charge in [-0.15, -0.1) is 0 Å². The number of halogens is 1. The number of hydrogen-bond acceptors (Lipinski definition) is 5. The van der Waals surface area contributed by atoms with Crippen LogP contribution in [0.2, 0.25) is 5.15 Å². The van der Waals surface area contributed by atoms with Gasteiger partial charge in [-0.05, 0) is 76.4 Å². The zero-order valence-electron chi connectivity index (χ0n) is 20.6. The summed E-state index contributed by atoms with van der Waals surface area (Å²) < 4.78 is 7.30. The Morgan fingerprint density at radius 1 is 1.11 bits per heavy atom. The average molecular weight is 508 g/mol. The zero-order valence-corrected chi connectivity index (χ0v) is 21.4. The predicted molar refractivity (Wildman–Crippen MR) is 140 cm³/mol. The molecule has 2 aromatic carbocycles. The molecule has 0 aliphatic carbocycles. The molecule has 0 saturated carbocycles. The van der Waals surface area contributed by atoms with E-state index < -0.39 is 0 Å². The molecule has 2 atom stereocenters. The molecule has 1 aromatic heterocycles. The van der Waals surface area contributed by atoms with Crippen molar-refractivity contribution in [3.63, 3.8) is 0 Å². The van der Waals surface area contributed by atoms with Crippen LogP contribution in [0.5, 0.6) is 5.75 Å². The quantitative estimate of drug-likeness (QED) is 0.368. The van der Waals surface area contributed by atoms with Crippen LogP contribution < -0.4 is 10.2 Å². The van der Waals surface area contributed by atoms with Gasteiger partial charge in [0.1, 0.15) is 10.9 Å². The highest BCUT2D eigenvalue weighted by molar-refractivity contribution is 6.32. The molecule has 0 bridgehead atoms. The summed E-state index contributed by atoms with van der Waals surface area (Å²) in [5.41, 5.74) is 5.05. The number of ether oxygens (including phenoxy) is 1. The highest BCUT2D eigenvalue weighted by atomic mass is 35.5. The Kier molecular flexibility index (Phi) is 8.05. The molecule has 4 rings (SSSR count). The molecule has 36 heavy (non-hydrogen) atoms. The molecule has 2 unspecified atom stereocenters. The maximum Gasteiger partial charge on any atom is 0.271 e. The largest absolute Gasteiger partial charge is 0.484 e. The van der Waals surface area contributed by atoms with Crippen molar-refractivity contribution in [1.82, 2.24) is 20.1 Å². The second kappa shape index (κ2) is 11.4. The first-order valence-corrected chi connectivity index (χ1v) is 12.4. The molecule has 0 radical (unpaired) electrons. The maximum absolute atomic E-state index is 12.6. The second-order valence-corrected chi connectivity index (χ2v) is 9.34. The van der Waals surface area contributed by atoms with Crippen molar-refractivity contribution < 1.29 is 14.3 Å². The van der Waals surface area contributed by atoms with Crippen LogP contribution in [0.25, 0.3) is 5.69 Å². The van der Waals surface area contributed by atoms with Crippen molar-refractivity contribution >= 4 is 29.6 Å². The first-order chi connectivity index (χ1) is 17.3. The minimum Gasteiger partial charge on any atom is -0.484 e. The molecule has 9 heteroatoms. The Hall–Kier alpha value is -3.65. The number of benzene rings is 2. The van der Waals surface area contributed by atoms with Gasteiger partial charge in [0, 0.05) is 17.6 Å². The summed E-state index contributed by atoms with van der Waals surface area (Å²) in [4.78, 5) is 27.1. The fraction of sp³-hybridized carbons (Fsp3) is 0.333. The monoisotopic (exact) mass is 507 g/mol. The van der Waals surface area contributed by atoms with Gasteiger partial charge >= 0.3 is 0 Å². The number of aryl methyl sites for hydroxylation is 1. The SMILES string of the molecule is Cc1nn(-c2ccccc2)c(Cl)c1C=NNC(=O)c1ccc(OCC(=O)N2C(C)CCCC2C)cc1. The number of aromatic nitrogens is 2. The number of hydrogen-bond donors (Lipinski definition) is 1. The Morgan fingerprint density at radius 2 is 1.78 bits per heavy atom. The lowest BCUT2D eigenvalue weighted by Crippen LogP contribution is -2.49. The van der Waals surface area contributed by atoms with E-state index in [1.165, 1.54) is 6.21 Å². The molecular weight excluding hydrogens is 478 g/mol. The molecule has 1 aliphatic heterocycles. The standard InChI is InChI=1S/C27H30ClN5O3/c1-18-8-7-9-19(2)32(18)25(34)17-36-23-14-12-21(13-15-23)27(35)30-29-16-24-20(3)31-33(26(24)28)22-10-5-4-6-11-22/h4-6,10-16,18-19H,7-9,17H2,1-3H3,(H,30,35). The van der Waals surface area contributed by atoms with Crippen LogP contribution in [-0.2, 0) is 4.79 Å². The Balaban J connectivity index is 1.32. The molecule has 1 saturated heterocycles. The van der Waals surface area contributed by atoms with E-state index in [0.29, 0.717) is 27.7 Å². The number of amides is 2. The third kappa shape index (κ3) is 5.76. The summed E-state index contributed by atoms with van der Waals surface area (Å²) in [6.07, 6.45) is 4.66.